The topological polar surface area (TPSA) is 65.1 Å². The second kappa shape index (κ2) is 10.1. The first kappa shape index (κ1) is 21.8. The summed E-state index contributed by atoms with van der Waals surface area (Å²) in [6.45, 7) is 5.63. The Morgan fingerprint density at radius 1 is 1.15 bits per heavy atom. The summed E-state index contributed by atoms with van der Waals surface area (Å²) in [6.07, 6.45) is -0.635. The van der Waals surface area contributed by atoms with Crippen LogP contribution in [0.3, 0.4) is 0 Å². The molecule has 1 saturated heterocycles. The largest absolute Gasteiger partial charge is 0.386 e. The first-order chi connectivity index (χ1) is 12.5. The van der Waals surface area contributed by atoms with Crippen molar-refractivity contribution in [3.05, 3.63) is 64.7 Å². The number of halogens is 2. The van der Waals surface area contributed by atoms with Crippen LogP contribution in [0.5, 0.6) is 0 Å². The van der Waals surface area contributed by atoms with Crippen LogP contribution in [-0.4, -0.2) is 48.7 Å². The maximum Gasteiger partial charge on any atom is 0.191 e. The molecule has 2 aromatic rings. The Labute approximate surface area is 182 Å². The third-order valence-electron chi connectivity index (χ3n) is 4.65. The second-order valence-electron chi connectivity index (χ2n) is 6.58. The number of aliphatic hydroxyl groups excluding tert-OH is 1. The molecule has 3 rings (SSSR count). The highest BCUT2D eigenvalue weighted by atomic mass is 127. The summed E-state index contributed by atoms with van der Waals surface area (Å²) >= 11 is 5.95. The van der Waals surface area contributed by atoms with E-state index < -0.39 is 6.10 Å². The minimum absolute atomic E-state index is 0. The van der Waals surface area contributed by atoms with Gasteiger partial charge in [0.25, 0.3) is 0 Å². The van der Waals surface area contributed by atoms with E-state index in [1.807, 2.05) is 55.5 Å². The van der Waals surface area contributed by atoms with Crippen molar-refractivity contribution in [2.75, 3.05) is 37.6 Å². The fraction of sp³-hybridized carbons (Fsp3) is 0.350. The number of benzene rings is 2. The third kappa shape index (κ3) is 5.99. The molecule has 0 amide bonds. The van der Waals surface area contributed by atoms with Crippen LogP contribution in [0.2, 0.25) is 5.02 Å². The molecular formula is C20H26ClIN4O. The number of hydrogen-bond donors (Lipinski definition) is 2. The summed E-state index contributed by atoms with van der Waals surface area (Å²) in [6, 6.07) is 15.7. The predicted octanol–water partition coefficient (Wildman–Crippen LogP) is 3.44. The van der Waals surface area contributed by atoms with Crippen LogP contribution >= 0.6 is 35.6 Å². The number of nitrogens with zero attached hydrogens (tertiary/aromatic N) is 3. The highest BCUT2D eigenvalue weighted by molar-refractivity contribution is 14.0. The van der Waals surface area contributed by atoms with E-state index in [2.05, 4.69) is 14.8 Å². The second-order valence-corrected chi connectivity index (χ2v) is 7.02. The van der Waals surface area contributed by atoms with Crippen LogP contribution in [0.15, 0.2) is 53.5 Å². The maximum atomic E-state index is 10.3. The molecule has 1 atom stereocenters. The van der Waals surface area contributed by atoms with Gasteiger partial charge in [-0.2, -0.15) is 0 Å². The first-order valence-electron chi connectivity index (χ1n) is 8.83. The summed E-state index contributed by atoms with van der Waals surface area (Å²) in [5.41, 5.74) is 9.30. The Hall–Kier alpha value is -1.51. The highest BCUT2D eigenvalue weighted by Crippen LogP contribution is 2.19. The van der Waals surface area contributed by atoms with Gasteiger partial charge < -0.3 is 20.6 Å². The predicted molar refractivity (Wildman–Crippen MR) is 123 cm³/mol. The minimum Gasteiger partial charge on any atom is -0.386 e. The van der Waals surface area contributed by atoms with Gasteiger partial charge in [0.05, 0.1) is 12.6 Å². The molecule has 0 radical (unpaired) electrons. The van der Waals surface area contributed by atoms with Crippen LogP contribution in [0.25, 0.3) is 0 Å². The number of rotatable bonds is 4. The summed E-state index contributed by atoms with van der Waals surface area (Å²) in [4.78, 5) is 8.77. The van der Waals surface area contributed by atoms with Crippen molar-refractivity contribution in [1.29, 1.82) is 0 Å². The van der Waals surface area contributed by atoms with Gasteiger partial charge in [0.15, 0.2) is 5.96 Å². The fourth-order valence-corrected chi connectivity index (χ4v) is 3.23. The van der Waals surface area contributed by atoms with Gasteiger partial charge in [0.2, 0.25) is 0 Å². The molecule has 0 bridgehead atoms. The van der Waals surface area contributed by atoms with Gasteiger partial charge in [-0.05, 0) is 36.8 Å². The zero-order valence-electron chi connectivity index (χ0n) is 15.4. The zero-order chi connectivity index (χ0) is 18.5. The number of aliphatic hydroxyl groups is 1. The van der Waals surface area contributed by atoms with Crippen LogP contribution < -0.4 is 10.6 Å². The van der Waals surface area contributed by atoms with Gasteiger partial charge in [-0.25, -0.2) is 0 Å². The van der Waals surface area contributed by atoms with E-state index in [0.717, 1.165) is 42.3 Å². The number of hydrogen-bond acceptors (Lipinski definition) is 3. The minimum atomic E-state index is -0.635. The number of piperazine rings is 1. The van der Waals surface area contributed by atoms with Crippen molar-refractivity contribution in [2.45, 2.75) is 13.0 Å². The van der Waals surface area contributed by atoms with Gasteiger partial charge in [0.1, 0.15) is 0 Å². The molecule has 0 aliphatic carbocycles. The molecule has 0 aromatic heterocycles. The van der Waals surface area contributed by atoms with E-state index in [1.54, 1.807) is 0 Å². The Kier molecular flexibility index (Phi) is 8.19. The van der Waals surface area contributed by atoms with Crippen molar-refractivity contribution in [2.24, 2.45) is 10.7 Å². The monoisotopic (exact) mass is 500 g/mol. The molecular weight excluding hydrogens is 475 g/mol. The fourth-order valence-electron chi connectivity index (χ4n) is 3.11. The van der Waals surface area contributed by atoms with Crippen molar-refractivity contribution >= 4 is 47.2 Å². The quantitative estimate of drug-likeness (QED) is 0.384. The van der Waals surface area contributed by atoms with Gasteiger partial charge >= 0.3 is 0 Å². The molecule has 3 N–H and O–H groups in total. The molecule has 27 heavy (non-hydrogen) atoms. The molecule has 1 fully saturated rings. The van der Waals surface area contributed by atoms with E-state index in [4.69, 9.17) is 17.3 Å². The highest BCUT2D eigenvalue weighted by Gasteiger charge is 2.19. The SMILES string of the molecule is Cc1cccc(C(O)CN=C(N)N2CCN(c3ccc(Cl)cc3)CC2)c1.I. The van der Waals surface area contributed by atoms with Crippen molar-refractivity contribution in [1.82, 2.24) is 4.90 Å². The lowest BCUT2D eigenvalue weighted by Gasteiger charge is -2.36. The van der Waals surface area contributed by atoms with Crippen LogP contribution in [0, 0.1) is 6.92 Å². The zero-order valence-corrected chi connectivity index (χ0v) is 18.5. The normalized spacial score (nSPS) is 16.0. The van der Waals surface area contributed by atoms with Gasteiger partial charge in [-0.1, -0.05) is 41.4 Å². The van der Waals surface area contributed by atoms with Crippen LogP contribution in [0.4, 0.5) is 5.69 Å². The number of anilines is 1. The molecule has 1 aliphatic rings. The molecule has 0 spiro atoms. The Balaban J connectivity index is 0.00000261. The maximum absolute atomic E-state index is 10.3. The van der Waals surface area contributed by atoms with E-state index in [0.29, 0.717) is 5.96 Å². The lowest BCUT2D eigenvalue weighted by molar-refractivity contribution is 0.186. The smallest absolute Gasteiger partial charge is 0.191 e. The number of aliphatic imine (C=N–C) groups is 1. The van der Waals surface area contributed by atoms with Gasteiger partial charge in [0, 0.05) is 36.9 Å². The average Bonchev–Trinajstić information content (AvgIpc) is 2.66. The molecule has 1 heterocycles. The lowest BCUT2D eigenvalue weighted by Crippen LogP contribution is -2.51. The summed E-state index contributed by atoms with van der Waals surface area (Å²) in [5, 5.41) is 11.1. The van der Waals surface area contributed by atoms with Crippen LogP contribution in [-0.2, 0) is 0 Å². The van der Waals surface area contributed by atoms with E-state index >= 15 is 0 Å². The van der Waals surface area contributed by atoms with Gasteiger partial charge in [-0.15, -0.1) is 24.0 Å². The van der Waals surface area contributed by atoms with Crippen LogP contribution in [0.1, 0.15) is 17.2 Å². The molecule has 1 aliphatic heterocycles. The summed E-state index contributed by atoms with van der Waals surface area (Å²) in [5.74, 6) is 0.493. The van der Waals surface area contributed by atoms with Gasteiger partial charge in [-0.3, -0.25) is 4.99 Å². The Bertz CT molecular complexity index is 761. The summed E-state index contributed by atoms with van der Waals surface area (Å²) < 4.78 is 0. The molecule has 1 unspecified atom stereocenters. The first-order valence-corrected chi connectivity index (χ1v) is 9.21. The van der Waals surface area contributed by atoms with E-state index in [9.17, 15) is 5.11 Å². The molecule has 146 valence electrons. The standard InChI is InChI=1S/C20H25ClN4O.HI/c1-15-3-2-4-16(13-15)19(26)14-23-20(22)25-11-9-24(10-12-25)18-7-5-17(21)6-8-18;/h2-8,13,19,26H,9-12,14H2,1H3,(H2,22,23);1H. The van der Waals surface area contributed by atoms with Crippen molar-refractivity contribution < 1.29 is 5.11 Å². The number of nitrogens with two attached hydrogens (primary N) is 1. The molecule has 2 aromatic carbocycles. The third-order valence-corrected chi connectivity index (χ3v) is 4.90. The Morgan fingerprint density at radius 3 is 2.44 bits per heavy atom. The molecule has 7 heteroatoms. The molecule has 0 saturated carbocycles. The van der Waals surface area contributed by atoms with Crippen molar-refractivity contribution in [3.8, 4) is 0 Å². The number of guanidine groups is 1. The molecule has 5 nitrogen and oxygen atoms in total. The number of aryl methyl sites for hydroxylation is 1. The van der Waals surface area contributed by atoms with E-state index in [1.165, 1.54) is 5.69 Å². The van der Waals surface area contributed by atoms with Crippen molar-refractivity contribution in [3.63, 3.8) is 0 Å². The summed E-state index contributed by atoms with van der Waals surface area (Å²) in [7, 11) is 0. The Morgan fingerprint density at radius 2 is 1.81 bits per heavy atom. The average molecular weight is 501 g/mol. The lowest BCUT2D eigenvalue weighted by atomic mass is 10.1. The van der Waals surface area contributed by atoms with E-state index in [-0.39, 0.29) is 30.5 Å².